The molecule has 0 saturated carbocycles. The van der Waals surface area contributed by atoms with Gasteiger partial charge in [0.1, 0.15) is 30.0 Å². The Morgan fingerprint density at radius 2 is 1.27 bits per heavy atom. The number of hydrogen-bond donors (Lipinski definition) is 1. The standard InChI is InChI=1S/C38H40O4Si.C7H4O2/c1-38(2,3)43(33-21-13-7-14-22-33,34-23-15-8-16-24-34)42-28-31-25-32(41-27-29-17-9-5-10-18-29)26-35(37(31)40-4)36(39)30-19-11-6-12-20-30;8-7-5-2-1-3-6(4-5)9-7/h5-26,36,39H,27-28H2,1-4H3;1-4H. The van der Waals surface area contributed by atoms with Crippen LogP contribution in [0.15, 0.2) is 158 Å². The number of carbonyl (C=O) groups excluding carboxylic acids is 1. The molecule has 2 bridgehead atoms. The zero-order valence-electron chi connectivity index (χ0n) is 30.0. The van der Waals surface area contributed by atoms with E-state index in [-0.39, 0.29) is 17.6 Å². The maximum absolute atomic E-state index is 11.6. The third kappa shape index (κ3) is 8.03. The molecule has 1 aliphatic rings. The first-order valence-corrected chi connectivity index (χ1v) is 19.3. The van der Waals surface area contributed by atoms with Gasteiger partial charge in [-0.25, -0.2) is 4.79 Å². The lowest BCUT2D eigenvalue weighted by Gasteiger charge is -2.43. The first-order chi connectivity index (χ1) is 25.2. The van der Waals surface area contributed by atoms with Crippen molar-refractivity contribution in [2.24, 2.45) is 0 Å². The average Bonchev–Trinajstić information content (AvgIpc) is 3.43. The van der Waals surface area contributed by atoms with Crippen LogP contribution in [0.4, 0.5) is 0 Å². The van der Waals surface area contributed by atoms with Crippen LogP contribution >= 0.6 is 0 Å². The van der Waals surface area contributed by atoms with E-state index in [1.807, 2.05) is 84.9 Å². The molecule has 0 spiro atoms. The largest absolute Gasteiger partial charge is 0.496 e. The predicted octanol–water partition coefficient (Wildman–Crippen LogP) is 8.65. The molecule has 7 rings (SSSR count). The van der Waals surface area contributed by atoms with E-state index in [1.54, 1.807) is 31.4 Å². The van der Waals surface area contributed by atoms with Crippen LogP contribution in [-0.4, -0.2) is 26.5 Å². The Bertz CT molecular complexity index is 2020. The molecule has 0 fully saturated rings. The number of esters is 1. The Morgan fingerprint density at radius 1 is 0.692 bits per heavy atom. The summed E-state index contributed by atoms with van der Waals surface area (Å²) >= 11 is 0. The third-order valence-corrected chi connectivity index (χ3v) is 14.2. The smallest absolute Gasteiger partial charge is 0.343 e. The number of rotatable bonds is 11. The first kappa shape index (κ1) is 36.3. The number of carbonyl (C=O) groups is 1. The van der Waals surface area contributed by atoms with E-state index < -0.39 is 14.4 Å². The van der Waals surface area contributed by atoms with E-state index in [4.69, 9.17) is 18.6 Å². The molecule has 1 N–H and O–H groups in total. The number of hydrogen-bond acceptors (Lipinski definition) is 6. The van der Waals surface area contributed by atoms with Gasteiger partial charge in [-0.05, 0) is 56.9 Å². The lowest BCUT2D eigenvalue weighted by molar-refractivity contribution is 0.0755. The van der Waals surface area contributed by atoms with Crippen molar-refractivity contribution in [1.29, 1.82) is 0 Å². The van der Waals surface area contributed by atoms with Gasteiger partial charge in [-0.15, -0.1) is 0 Å². The van der Waals surface area contributed by atoms with Crippen LogP contribution in [-0.2, 0) is 17.6 Å². The number of ether oxygens (including phenoxy) is 3. The summed E-state index contributed by atoms with van der Waals surface area (Å²) in [6.45, 7) is 7.48. The first-order valence-electron chi connectivity index (χ1n) is 17.4. The molecule has 1 aliphatic heterocycles. The maximum Gasteiger partial charge on any atom is 0.343 e. The van der Waals surface area contributed by atoms with Crippen molar-refractivity contribution in [2.75, 3.05) is 7.11 Å². The van der Waals surface area contributed by atoms with Crippen molar-refractivity contribution in [3.8, 4) is 17.2 Å². The average molecular weight is 709 g/mol. The second kappa shape index (κ2) is 16.3. The maximum atomic E-state index is 11.6. The van der Waals surface area contributed by atoms with E-state index in [0.29, 0.717) is 35.0 Å². The number of fused-ring (bicyclic) bond motifs is 2. The summed E-state index contributed by atoms with van der Waals surface area (Å²) in [6, 6.07) is 51.8. The Hall–Kier alpha value is -5.47. The number of aliphatic hydroxyl groups is 1. The summed E-state index contributed by atoms with van der Waals surface area (Å²) in [5.74, 6) is 1.66. The molecule has 1 atom stereocenters. The number of benzene rings is 6. The lowest BCUT2D eigenvalue weighted by Crippen LogP contribution is -2.66. The van der Waals surface area contributed by atoms with Gasteiger partial charge in [-0.1, -0.05) is 148 Å². The second-order valence-corrected chi connectivity index (χ2v) is 18.0. The minimum atomic E-state index is -2.82. The predicted molar refractivity (Wildman–Crippen MR) is 208 cm³/mol. The minimum Gasteiger partial charge on any atom is -0.496 e. The highest BCUT2D eigenvalue weighted by Crippen LogP contribution is 2.41. The molecule has 7 heteroatoms. The van der Waals surface area contributed by atoms with Crippen LogP contribution in [0, 0.1) is 0 Å². The Kier molecular flexibility index (Phi) is 11.4. The fraction of sp³-hybridized carbons (Fsp3) is 0.178. The van der Waals surface area contributed by atoms with Gasteiger partial charge in [-0.3, -0.25) is 0 Å². The van der Waals surface area contributed by atoms with E-state index in [1.165, 1.54) is 10.4 Å². The van der Waals surface area contributed by atoms with E-state index in [9.17, 15) is 9.90 Å². The summed E-state index contributed by atoms with van der Waals surface area (Å²) in [6.07, 6.45) is -0.900. The van der Waals surface area contributed by atoms with Gasteiger partial charge in [0.05, 0.1) is 19.3 Å². The van der Waals surface area contributed by atoms with Crippen LogP contribution in [0.3, 0.4) is 0 Å². The van der Waals surface area contributed by atoms with Crippen LogP contribution in [0.25, 0.3) is 0 Å². The topological polar surface area (TPSA) is 74.2 Å². The fourth-order valence-electron chi connectivity index (χ4n) is 6.68. The molecule has 0 aliphatic carbocycles. The normalized spacial score (nSPS) is 12.7. The molecule has 52 heavy (non-hydrogen) atoms. The quantitative estimate of drug-likeness (QED) is 0.107. The SMILES string of the molecule is COc1c(CO[Si](c2ccccc2)(c2ccccc2)C(C)(C)C)cc(OCc2ccccc2)cc1C(O)c1ccccc1.O=C1Oc2cccc1c2. The summed E-state index contributed by atoms with van der Waals surface area (Å²) < 4.78 is 24.4. The zero-order valence-corrected chi connectivity index (χ0v) is 31.0. The molecule has 6 nitrogen and oxygen atoms in total. The molecule has 1 heterocycles. The molecule has 0 saturated heterocycles. The summed E-state index contributed by atoms with van der Waals surface area (Å²) in [7, 11) is -1.18. The minimum absolute atomic E-state index is 0.184. The highest BCUT2D eigenvalue weighted by molar-refractivity contribution is 6.99. The van der Waals surface area contributed by atoms with Crippen LogP contribution in [0.1, 0.15) is 59.5 Å². The summed E-state index contributed by atoms with van der Waals surface area (Å²) in [5.41, 5.74) is 3.95. The molecular formula is C45H44O6Si. The van der Waals surface area contributed by atoms with E-state index in [0.717, 1.165) is 16.7 Å². The second-order valence-electron chi connectivity index (χ2n) is 13.7. The van der Waals surface area contributed by atoms with Crippen LogP contribution < -0.4 is 24.6 Å². The Balaban J connectivity index is 0.000000444. The van der Waals surface area contributed by atoms with Crippen molar-refractivity contribution in [3.63, 3.8) is 0 Å². The number of aliphatic hydroxyl groups excluding tert-OH is 1. The summed E-state index contributed by atoms with van der Waals surface area (Å²) in [5, 5.41) is 13.8. The molecule has 0 aromatic heterocycles. The van der Waals surface area contributed by atoms with Crippen LogP contribution in [0.5, 0.6) is 17.2 Å². The van der Waals surface area contributed by atoms with Gasteiger partial charge in [0.15, 0.2) is 0 Å². The molecule has 264 valence electrons. The van der Waals surface area contributed by atoms with Gasteiger partial charge < -0.3 is 23.7 Å². The van der Waals surface area contributed by atoms with Crippen LogP contribution in [0.2, 0.25) is 5.04 Å². The molecule has 6 aromatic carbocycles. The van der Waals surface area contributed by atoms with Gasteiger partial charge in [0.2, 0.25) is 0 Å². The molecule has 6 aromatic rings. The van der Waals surface area contributed by atoms with Gasteiger partial charge in [0, 0.05) is 11.1 Å². The zero-order chi connectivity index (χ0) is 36.6. The Labute approximate surface area is 307 Å². The highest BCUT2D eigenvalue weighted by atomic mass is 28.4. The number of methoxy groups -OCH3 is 1. The highest BCUT2D eigenvalue weighted by Gasteiger charge is 2.50. The van der Waals surface area contributed by atoms with Crippen molar-refractivity contribution in [1.82, 2.24) is 0 Å². The van der Waals surface area contributed by atoms with Gasteiger partial charge in [-0.2, -0.15) is 0 Å². The van der Waals surface area contributed by atoms with Gasteiger partial charge >= 0.3 is 5.97 Å². The summed E-state index contributed by atoms with van der Waals surface area (Å²) in [4.78, 5) is 10.7. The van der Waals surface area contributed by atoms with Crippen molar-refractivity contribution in [3.05, 3.63) is 186 Å². The molecule has 1 unspecified atom stereocenters. The van der Waals surface area contributed by atoms with Gasteiger partial charge in [0.25, 0.3) is 8.32 Å². The van der Waals surface area contributed by atoms with E-state index >= 15 is 0 Å². The lowest BCUT2D eigenvalue weighted by atomic mass is 9.98. The van der Waals surface area contributed by atoms with Crippen molar-refractivity contribution < 1.29 is 28.5 Å². The monoisotopic (exact) mass is 708 g/mol. The Morgan fingerprint density at radius 3 is 1.81 bits per heavy atom. The van der Waals surface area contributed by atoms with Crippen molar-refractivity contribution in [2.45, 2.75) is 45.1 Å². The van der Waals surface area contributed by atoms with Crippen molar-refractivity contribution >= 4 is 24.7 Å². The third-order valence-electron chi connectivity index (χ3n) is 9.17. The molecular weight excluding hydrogens is 665 g/mol. The van der Waals surface area contributed by atoms with E-state index in [2.05, 4.69) is 69.3 Å². The molecule has 0 amide bonds. The fourth-order valence-corrected chi connectivity index (χ4v) is 11.2. The molecule has 0 radical (unpaired) electrons.